The van der Waals surface area contributed by atoms with E-state index in [1.165, 1.54) is 37.7 Å². The number of imidazole rings is 1. The standard InChI is InChI=1S/C29H33Cl2F3N3O8PS/c1-5-41-27(38)18(4)45-46(40,44-15-29(32,33)34)16-43-22-8-6-19(7-9-22)13-37-24(14-42-28(35)39)36-25(17(2)3)26(37)47-23-11-20(30)10-21(31)12-23/h6-12,17-18H,5,13-16H2,1-4H3,(H2,35,39)/t18-,46?/m0/s1. The molecular weight excluding hydrogens is 709 g/mol. The summed E-state index contributed by atoms with van der Waals surface area (Å²) in [6, 6.07) is 11.4. The molecular formula is C29H33Cl2F3N3O8PS. The number of ether oxygens (including phenoxy) is 3. The van der Waals surface area contributed by atoms with Crippen LogP contribution in [0.25, 0.3) is 0 Å². The molecule has 1 amide bonds. The number of rotatable bonds is 16. The molecule has 2 N–H and O–H groups in total. The van der Waals surface area contributed by atoms with Crippen LogP contribution in [0.4, 0.5) is 18.0 Å². The molecule has 1 heterocycles. The highest BCUT2D eigenvalue weighted by molar-refractivity contribution is 7.99. The van der Waals surface area contributed by atoms with Crippen LogP contribution in [0.3, 0.4) is 0 Å². The first kappa shape index (κ1) is 38.5. The van der Waals surface area contributed by atoms with Gasteiger partial charge >= 0.3 is 25.8 Å². The van der Waals surface area contributed by atoms with Gasteiger partial charge in [0.2, 0.25) is 0 Å². The van der Waals surface area contributed by atoms with Gasteiger partial charge in [-0.1, -0.05) is 60.9 Å². The number of nitrogens with two attached hydrogens (primary N) is 1. The Bertz CT molecular complexity index is 1570. The first-order valence-corrected chi connectivity index (χ1v) is 17.3. The van der Waals surface area contributed by atoms with Crippen LogP contribution in [-0.4, -0.2) is 53.5 Å². The Morgan fingerprint density at radius 3 is 2.26 bits per heavy atom. The maximum absolute atomic E-state index is 13.1. The van der Waals surface area contributed by atoms with Gasteiger partial charge in [-0.15, -0.1) is 0 Å². The predicted octanol–water partition coefficient (Wildman–Crippen LogP) is 8.18. The Labute approximate surface area is 283 Å². The van der Waals surface area contributed by atoms with E-state index in [4.69, 9.17) is 52.7 Å². The highest BCUT2D eigenvalue weighted by Gasteiger charge is 2.38. The second-order valence-corrected chi connectivity index (χ2v) is 14.1. The minimum Gasteiger partial charge on any atom is -0.481 e. The van der Waals surface area contributed by atoms with Crippen molar-refractivity contribution < 1.29 is 50.6 Å². The lowest BCUT2D eigenvalue weighted by Crippen LogP contribution is -2.25. The highest BCUT2D eigenvalue weighted by Crippen LogP contribution is 2.50. The number of hydrogen-bond donors (Lipinski definition) is 1. The molecule has 2 atom stereocenters. The fourth-order valence-corrected chi connectivity index (χ4v) is 7.27. The van der Waals surface area contributed by atoms with Crippen LogP contribution in [0.15, 0.2) is 52.4 Å². The lowest BCUT2D eigenvalue weighted by molar-refractivity contribution is -0.158. The largest absolute Gasteiger partial charge is 0.481 e. The summed E-state index contributed by atoms with van der Waals surface area (Å²) in [7, 11) is -4.59. The van der Waals surface area contributed by atoms with Crippen molar-refractivity contribution >= 4 is 54.6 Å². The van der Waals surface area contributed by atoms with E-state index in [1.807, 2.05) is 18.4 Å². The molecule has 3 aromatic rings. The minimum absolute atomic E-state index is 0.0181. The summed E-state index contributed by atoms with van der Waals surface area (Å²) in [5.74, 6) is -0.407. The Balaban J connectivity index is 1.86. The van der Waals surface area contributed by atoms with Crippen LogP contribution >= 0.6 is 42.6 Å². The van der Waals surface area contributed by atoms with E-state index in [2.05, 4.69) is 4.52 Å². The second kappa shape index (κ2) is 16.9. The van der Waals surface area contributed by atoms with Gasteiger partial charge < -0.3 is 24.5 Å². The molecule has 18 heteroatoms. The first-order valence-electron chi connectivity index (χ1n) is 14.0. The van der Waals surface area contributed by atoms with Gasteiger partial charge in [0.05, 0.1) is 12.3 Å². The molecule has 0 radical (unpaired) electrons. The van der Waals surface area contributed by atoms with Gasteiger partial charge in [0, 0.05) is 21.5 Å². The lowest BCUT2D eigenvalue weighted by atomic mass is 10.1. The van der Waals surface area contributed by atoms with E-state index in [0.717, 1.165) is 21.2 Å². The Morgan fingerprint density at radius 2 is 1.70 bits per heavy atom. The number of nitrogens with zero attached hydrogens (tertiary/aromatic N) is 2. The van der Waals surface area contributed by atoms with E-state index in [9.17, 15) is 27.3 Å². The summed E-state index contributed by atoms with van der Waals surface area (Å²) >= 11 is 13.8. The summed E-state index contributed by atoms with van der Waals surface area (Å²) in [6.07, 6.45) is -8.18. The molecule has 11 nitrogen and oxygen atoms in total. The van der Waals surface area contributed by atoms with Crippen molar-refractivity contribution in [2.24, 2.45) is 5.73 Å². The molecule has 0 aliphatic rings. The van der Waals surface area contributed by atoms with Gasteiger partial charge in [-0.25, -0.2) is 14.6 Å². The topological polar surface area (TPSA) is 141 Å². The van der Waals surface area contributed by atoms with Crippen LogP contribution in [0.2, 0.25) is 10.0 Å². The second-order valence-electron chi connectivity index (χ2n) is 10.2. The van der Waals surface area contributed by atoms with E-state index in [1.54, 1.807) is 30.3 Å². The smallest absolute Gasteiger partial charge is 0.412 e. The van der Waals surface area contributed by atoms with Crippen molar-refractivity contribution in [1.82, 2.24) is 9.55 Å². The van der Waals surface area contributed by atoms with Crippen molar-refractivity contribution in [3.63, 3.8) is 0 Å². The molecule has 0 fully saturated rings. The highest BCUT2D eigenvalue weighted by atomic mass is 35.5. The van der Waals surface area contributed by atoms with Gasteiger partial charge in [-0.3, -0.25) is 13.6 Å². The quantitative estimate of drug-likeness (QED) is 0.113. The van der Waals surface area contributed by atoms with E-state index in [-0.39, 0.29) is 31.4 Å². The van der Waals surface area contributed by atoms with Crippen molar-refractivity contribution in [2.75, 3.05) is 19.6 Å². The summed E-state index contributed by atoms with van der Waals surface area (Å²) in [5, 5.41) is 1.62. The summed E-state index contributed by atoms with van der Waals surface area (Å²) < 4.78 is 78.5. The van der Waals surface area contributed by atoms with Crippen molar-refractivity contribution in [3.8, 4) is 5.75 Å². The van der Waals surface area contributed by atoms with Crippen LogP contribution in [0.1, 0.15) is 50.7 Å². The van der Waals surface area contributed by atoms with Crippen molar-refractivity contribution in [3.05, 3.63) is 69.6 Å². The lowest BCUT2D eigenvalue weighted by Gasteiger charge is -2.22. The van der Waals surface area contributed by atoms with E-state index >= 15 is 0 Å². The monoisotopic (exact) mass is 741 g/mol. The van der Waals surface area contributed by atoms with Crippen LogP contribution < -0.4 is 10.5 Å². The van der Waals surface area contributed by atoms with Gasteiger partial charge in [0.15, 0.2) is 25.7 Å². The number of carbonyl (C=O) groups excluding carboxylic acids is 2. The normalized spacial score (nSPS) is 13.7. The average Bonchev–Trinajstić information content (AvgIpc) is 3.30. The molecule has 0 aliphatic carbocycles. The number of carbonyl (C=O) groups is 2. The third-order valence-electron chi connectivity index (χ3n) is 5.98. The molecule has 1 unspecified atom stereocenters. The molecule has 0 spiro atoms. The number of primary amides is 1. The summed E-state index contributed by atoms with van der Waals surface area (Å²) in [5.41, 5.74) is 6.66. The van der Waals surface area contributed by atoms with Gasteiger partial charge in [0.25, 0.3) is 0 Å². The van der Waals surface area contributed by atoms with Crippen LogP contribution in [0.5, 0.6) is 5.75 Å². The molecule has 0 saturated carbocycles. The molecule has 0 aliphatic heterocycles. The van der Waals surface area contributed by atoms with Crippen LogP contribution in [0, 0.1) is 0 Å². The number of alkyl halides is 3. The number of halogens is 5. The van der Waals surface area contributed by atoms with E-state index in [0.29, 0.717) is 15.9 Å². The summed E-state index contributed by atoms with van der Waals surface area (Å²) in [4.78, 5) is 28.8. The predicted molar refractivity (Wildman–Crippen MR) is 169 cm³/mol. The fourth-order valence-electron chi connectivity index (χ4n) is 3.93. The molecule has 0 bridgehead atoms. The Kier molecular flexibility index (Phi) is 13.9. The zero-order chi connectivity index (χ0) is 34.9. The zero-order valence-corrected chi connectivity index (χ0v) is 28.9. The average molecular weight is 743 g/mol. The van der Waals surface area contributed by atoms with Crippen LogP contribution in [-0.2, 0) is 41.0 Å². The Morgan fingerprint density at radius 1 is 1.06 bits per heavy atom. The number of esters is 1. The number of aromatic nitrogens is 2. The van der Waals surface area contributed by atoms with Gasteiger partial charge in [0.1, 0.15) is 16.6 Å². The molecule has 0 saturated heterocycles. The number of amides is 1. The third kappa shape index (κ3) is 12.2. The molecule has 258 valence electrons. The minimum atomic E-state index is -4.81. The summed E-state index contributed by atoms with van der Waals surface area (Å²) in [6.45, 7) is 4.75. The first-order chi connectivity index (χ1) is 22.0. The number of benzene rings is 2. The van der Waals surface area contributed by atoms with Crippen molar-refractivity contribution in [1.29, 1.82) is 0 Å². The van der Waals surface area contributed by atoms with Gasteiger partial charge in [-0.2, -0.15) is 13.2 Å². The third-order valence-corrected chi connectivity index (χ3v) is 9.12. The fraction of sp³-hybridized carbons (Fsp3) is 0.414. The SMILES string of the molecule is CCOC(=O)[C@H](C)OP(=O)(COc1ccc(Cn2c(COC(N)=O)nc(C(C)C)c2Sc2cc(Cl)cc(Cl)c2)cc1)OCC(F)(F)F. The van der Waals surface area contributed by atoms with E-state index < -0.39 is 44.9 Å². The molecule has 3 rings (SSSR count). The maximum Gasteiger partial charge on any atom is 0.412 e. The molecule has 47 heavy (non-hydrogen) atoms. The number of hydrogen-bond acceptors (Lipinski definition) is 10. The Hall–Kier alpha value is -2.94. The maximum atomic E-state index is 13.1. The molecule has 2 aromatic carbocycles. The van der Waals surface area contributed by atoms with Crippen molar-refractivity contribution in [2.45, 2.75) is 69.0 Å². The van der Waals surface area contributed by atoms with Gasteiger partial charge in [-0.05, 0) is 55.7 Å². The zero-order valence-electron chi connectivity index (χ0n) is 25.7. The molecule has 1 aromatic heterocycles.